The van der Waals surface area contributed by atoms with Crippen LogP contribution in [-0.4, -0.2) is 23.9 Å². The van der Waals surface area contributed by atoms with Crippen LogP contribution in [0.25, 0.3) is 5.76 Å². The van der Waals surface area contributed by atoms with Crippen LogP contribution in [0.5, 0.6) is 5.75 Å². The number of hydrogen-bond donors (Lipinski definition) is 1. The molecule has 0 aromatic heterocycles. The Hall–Kier alpha value is -3.57. The van der Waals surface area contributed by atoms with E-state index in [4.69, 9.17) is 16.3 Å². The molecular formula is C25H20ClNO4. The Balaban J connectivity index is 1.92. The molecule has 1 aliphatic heterocycles. The number of ketones is 1. The van der Waals surface area contributed by atoms with E-state index in [0.29, 0.717) is 27.6 Å². The average Bonchev–Trinajstić information content (AvgIpc) is 3.05. The summed E-state index contributed by atoms with van der Waals surface area (Å²) in [6.07, 6.45) is 0. The normalized spacial score (nSPS) is 17.8. The van der Waals surface area contributed by atoms with Gasteiger partial charge < -0.3 is 9.84 Å². The minimum atomic E-state index is -0.773. The number of rotatable bonds is 4. The number of nitrogens with zero attached hydrogens (tertiary/aromatic N) is 1. The van der Waals surface area contributed by atoms with Gasteiger partial charge in [-0.05, 0) is 60.5 Å². The fourth-order valence-corrected chi connectivity index (χ4v) is 3.96. The molecule has 31 heavy (non-hydrogen) atoms. The second kappa shape index (κ2) is 8.28. The molecule has 6 heteroatoms. The lowest BCUT2D eigenvalue weighted by molar-refractivity contribution is -0.132. The fourth-order valence-electron chi connectivity index (χ4n) is 3.83. The summed E-state index contributed by atoms with van der Waals surface area (Å²) in [6.45, 7) is 1.84. The number of methoxy groups -OCH3 is 1. The van der Waals surface area contributed by atoms with Gasteiger partial charge in [0.1, 0.15) is 11.5 Å². The van der Waals surface area contributed by atoms with Crippen LogP contribution in [0.2, 0.25) is 5.02 Å². The highest BCUT2D eigenvalue weighted by atomic mass is 35.5. The largest absolute Gasteiger partial charge is 0.507 e. The van der Waals surface area contributed by atoms with Crippen molar-refractivity contribution in [3.63, 3.8) is 0 Å². The van der Waals surface area contributed by atoms with Gasteiger partial charge in [0, 0.05) is 16.3 Å². The molecule has 1 N–H and O–H groups in total. The zero-order valence-electron chi connectivity index (χ0n) is 17.0. The van der Waals surface area contributed by atoms with Gasteiger partial charge in [-0.25, -0.2) is 0 Å². The van der Waals surface area contributed by atoms with E-state index >= 15 is 0 Å². The number of aryl methyl sites for hydroxylation is 1. The summed E-state index contributed by atoms with van der Waals surface area (Å²) < 4.78 is 5.28. The van der Waals surface area contributed by atoms with Crippen LogP contribution in [0.4, 0.5) is 5.69 Å². The SMILES string of the molecule is COc1ccc(/C(O)=C2/C(=O)C(=O)N(c3ccc(Cl)cc3)C2c2ccccc2)cc1C. The second-order valence-electron chi connectivity index (χ2n) is 7.24. The van der Waals surface area contributed by atoms with Gasteiger partial charge in [0.15, 0.2) is 0 Å². The highest BCUT2D eigenvalue weighted by Gasteiger charge is 2.46. The van der Waals surface area contributed by atoms with Crippen LogP contribution in [0, 0.1) is 6.92 Å². The van der Waals surface area contributed by atoms with Gasteiger partial charge in [0.05, 0.1) is 18.7 Å². The third-order valence-corrected chi connectivity index (χ3v) is 5.58. The van der Waals surface area contributed by atoms with E-state index in [0.717, 1.165) is 5.56 Å². The maximum atomic E-state index is 13.1. The molecule has 0 radical (unpaired) electrons. The van der Waals surface area contributed by atoms with Crippen molar-refractivity contribution in [3.8, 4) is 5.75 Å². The standard InChI is InChI=1S/C25H20ClNO4/c1-15-14-17(8-13-20(15)31-2)23(28)21-22(16-6-4-3-5-7-16)27(25(30)24(21)29)19-11-9-18(26)10-12-19/h3-14,22,28H,1-2H3/b23-21-. The van der Waals surface area contributed by atoms with Crippen molar-refractivity contribution >= 4 is 34.7 Å². The van der Waals surface area contributed by atoms with Gasteiger partial charge in [-0.2, -0.15) is 0 Å². The molecule has 4 rings (SSSR count). The summed E-state index contributed by atoms with van der Waals surface area (Å²) in [5.74, 6) is -1.01. The zero-order valence-corrected chi connectivity index (χ0v) is 17.8. The van der Waals surface area contributed by atoms with Crippen LogP contribution >= 0.6 is 11.6 Å². The van der Waals surface area contributed by atoms with E-state index in [9.17, 15) is 14.7 Å². The fraction of sp³-hybridized carbons (Fsp3) is 0.120. The van der Waals surface area contributed by atoms with E-state index in [2.05, 4.69) is 0 Å². The number of carbonyl (C=O) groups is 2. The number of halogens is 1. The average molecular weight is 434 g/mol. The molecule has 5 nitrogen and oxygen atoms in total. The van der Waals surface area contributed by atoms with Gasteiger partial charge in [-0.1, -0.05) is 41.9 Å². The van der Waals surface area contributed by atoms with E-state index in [1.807, 2.05) is 37.3 Å². The molecule has 0 aliphatic carbocycles. The molecule has 1 heterocycles. The van der Waals surface area contributed by atoms with Crippen molar-refractivity contribution in [2.24, 2.45) is 0 Å². The Bertz CT molecular complexity index is 1190. The monoisotopic (exact) mass is 433 g/mol. The summed E-state index contributed by atoms with van der Waals surface area (Å²) >= 11 is 6.01. The molecular weight excluding hydrogens is 414 g/mol. The maximum Gasteiger partial charge on any atom is 0.300 e. The third-order valence-electron chi connectivity index (χ3n) is 5.33. The molecule has 1 atom stereocenters. The predicted octanol–water partition coefficient (Wildman–Crippen LogP) is 5.28. The zero-order chi connectivity index (χ0) is 22.1. The Labute approximate surface area is 185 Å². The number of ether oxygens (including phenoxy) is 1. The van der Waals surface area contributed by atoms with E-state index in [-0.39, 0.29) is 11.3 Å². The first-order valence-electron chi connectivity index (χ1n) is 9.69. The number of anilines is 1. The number of hydrogen-bond acceptors (Lipinski definition) is 4. The van der Waals surface area contributed by atoms with Gasteiger partial charge in [0.25, 0.3) is 11.7 Å². The number of amides is 1. The van der Waals surface area contributed by atoms with Crippen LogP contribution < -0.4 is 9.64 Å². The number of Topliss-reactive ketones (excluding diaryl/α,β-unsaturated/α-hetero) is 1. The first kappa shape index (κ1) is 20.7. The first-order valence-corrected chi connectivity index (χ1v) is 10.1. The summed E-state index contributed by atoms with van der Waals surface area (Å²) in [6, 6.07) is 20.2. The molecule has 1 saturated heterocycles. The van der Waals surface area contributed by atoms with Crippen LogP contribution in [-0.2, 0) is 9.59 Å². The Kier molecular flexibility index (Phi) is 5.53. The molecule has 3 aromatic carbocycles. The van der Waals surface area contributed by atoms with Crippen molar-refractivity contribution in [1.29, 1.82) is 0 Å². The smallest absolute Gasteiger partial charge is 0.300 e. The lowest BCUT2D eigenvalue weighted by Gasteiger charge is -2.25. The first-order chi connectivity index (χ1) is 14.9. The molecule has 156 valence electrons. The van der Waals surface area contributed by atoms with Crippen molar-refractivity contribution < 1.29 is 19.4 Å². The Morgan fingerprint density at radius 2 is 1.68 bits per heavy atom. The molecule has 1 amide bonds. The predicted molar refractivity (Wildman–Crippen MR) is 120 cm³/mol. The summed E-state index contributed by atoms with van der Waals surface area (Å²) in [5.41, 5.74) is 2.51. The second-order valence-corrected chi connectivity index (χ2v) is 7.68. The van der Waals surface area contributed by atoms with Crippen molar-refractivity contribution in [3.05, 3.63) is 100 Å². The number of benzene rings is 3. The summed E-state index contributed by atoms with van der Waals surface area (Å²) in [7, 11) is 1.56. The Morgan fingerprint density at radius 1 is 1.00 bits per heavy atom. The van der Waals surface area contributed by atoms with Crippen LogP contribution in [0.3, 0.4) is 0 Å². The highest BCUT2D eigenvalue weighted by molar-refractivity contribution is 6.51. The molecule has 1 fully saturated rings. The molecule has 1 unspecified atom stereocenters. The molecule has 0 spiro atoms. The van der Waals surface area contributed by atoms with Crippen molar-refractivity contribution in [2.45, 2.75) is 13.0 Å². The van der Waals surface area contributed by atoms with E-state index in [1.165, 1.54) is 4.90 Å². The third kappa shape index (κ3) is 3.68. The maximum absolute atomic E-state index is 13.1. The van der Waals surface area contributed by atoms with Gasteiger partial charge >= 0.3 is 0 Å². The van der Waals surface area contributed by atoms with Crippen molar-refractivity contribution in [2.75, 3.05) is 12.0 Å². The van der Waals surface area contributed by atoms with Gasteiger partial charge in [-0.3, -0.25) is 14.5 Å². The van der Waals surface area contributed by atoms with Crippen molar-refractivity contribution in [1.82, 2.24) is 0 Å². The molecule has 0 saturated carbocycles. The van der Waals surface area contributed by atoms with Gasteiger partial charge in [0.2, 0.25) is 0 Å². The molecule has 3 aromatic rings. The molecule has 1 aliphatic rings. The van der Waals surface area contributed by atoms with Crippen LogP contribution in [0.15, 0.2) is 78.4 Å². The highest BCUT2D eigenvalue weighted by Crippen LogP contribution is 2.42. The van der Waals surface area contributed by atoms with Crippen LogP contribution in [0.1, 0.15) is 22.7 Å². The van der Waals surface area contributed by atoms with Gasteiger partial charge in [-0.15, -0.1) is 0 Å². The molecule has 0 bridgehead atoms. The lowest BCUT2D eigenvalue weighted by Crippen LogP contribution is -2.29. The van der Waals surface area contributed by atoms with E-state index in [1.54, 1.807) is 49.6 Å². The number of carbonyl (C=O) groups excluding carboxylic acids is 2. The summed E-state index contributed by atoms with van der Waals surface area (Å²) in [4.78, 5) is 27.6. The topological polar surface area (TPSA) is 66.8 Å². The number of aliphatic hydroxyl groups is 1. The van der Waals surface area contributed by atoms with E-state index < -0.39 is 17.7 Å². The quantitative estimate of drug-likeness (QED) is 0.345. The number of aliphatic hydroxyl groups excluding tert-OH is 1. The minimum Gasteiger partial charge on any atom is -0.507 e. The minimum absolute atomic E-state index is 0.0377. The Morgan fingerprint density at radius 3 is 2.29 bits per heavy atom. The lowest BCUT2D eigenvalue weighted by atomic mass is 9.94. The summed E-state index contributed by atoms with van der Waals surface area (Å²) in [5, 5.41) is 11.7.